The van der Waals surface area contributed by atoms with Crippen LogP contribution in [0.1, 0.15) is 49.9 Å². The van der Waals surface area contributed by atoms with Crippen LogP contribution in [0.2, 0.25) is 0 Å². The number of aromatic nitrogens is 4. The van der Waals surface area contributed by atoms with Crippen molar-refractivity contribution < 1.29 is 4.79 Å². The van der Waals surface area contributed by atoms with E-state index in [0.29, 0.717) is 19.5 Å². The fourth-order valence-corrected chi connectivity index (χ4v) is 4.46. The SMILES string of the molecule is CCC(C(=O)N1CCC2(CCc3c2nc(N)[nH]c3=O)CC1)n1cccn1. The second-order valence-corrected chi connectivity index (χ2v) is 7.29. The number of hydrogen-bond donors (Lipinski definition) is 2. The number of nitrogen functional groups attached to an aromatic ring is 1. The summed E-state index contributed by atoms with van der Waals surface area (Å²) in [6.07, 6.45) is 7.51. The molecule has 3 N–H and O–H groups in total. The second-order valence-electron chi connectivity index (χ2n) is 7.29. The number of piperidine rings is 1. The Bertz CT molecular complexity index is 864. The van der Waals surface area contributed by atoms with Gasteiger partial charge in [0.15, 0.2) is 0 Å². The van der Waals surface area contributed by atoms with Gasteiger partial charge in [0.2, 0.25) is 11.9 Å². The highest BCUT2D eigenvalue weighted by atomic mass is 16.2. The molecule has 138 valence electrons. The molecule has 1 spiro atoms. The Labute approximate surface area is 151 Å². The lowest BCUT2D eigenvalue weighted by Crippen LogP contribution is -2.47. The molecule has 2 aromatic rings. The van der Waals surface area contributed by atoms with Gasteiger partial charge >= 0.3 is 0 Å². The minimum Gasteiger partial charge on any atom is -0.369 e. The molecular weight excluding hydrogens is 332 g/mol. The summed E-state index contributed by atoms with van der Waals surface area (Å²) in [5.41, 5.74) is 7.14. The predicted molar refractivity (Wildman–Crippen MR) is 96.6 cm³/mol. The fourth-order valence-electron chi connectivity index (χ4n) is 4.46. The molecule has 8 nitrogen and oxygen atoms in total. The lowest BCUT2D eigenvalue weighted by molar-refractivity contribution is -0.136. The molecule has 26 heavy (non-hydrogen) atoms. The van der Waals surface area contributed by atoms with Crippen molar-refractivity contribution in [1.29, 1.82) is 0 Å². The van der Waals surface area contributed by atoms with Crippen LogP contribution in [0.15, 0.2) is 23.3 Å². The van der Waals surface area contributed by atoms with Gasteiger partial charge in [0.05, 0.1) is 5.69 Å². The van der Waals surface area contributed by atoms with E-state index in [9.17, 15) is 9.59 Å². The van der Waals surface area contributed by atoms with E-state index in [2.05, 4.69) is 15.1 Å². The van der Waals surface area contributed by atoms with Crippen LogP contribution >= 0.6 is 0 Å². The number of nitrogens with zero attached hydrogens (tertiary/aromatic N) is 4. The molecule has 1 unspecified atom stereocenters. The molecule has 0 bridgehead atoms. The average Bonchev–Trinajstić information content (AvgIpc) is 3.26. The third-order valence-corrected chi connectivity index (χ3v) is 5.94. The van der Waals surface area contributed by atoms with Gasteiger partial charge in [0, 0.05) is 36.5 Å². The van der Waals surface area contributed by atoms with E-state index in [4.69, 9.17) is 5.73 Å². The maximum absolute atomic E-state index is 13.0. The van der Waals surface area contributed by atoms with Gasteiger partial charge < -0.3 is 10.6 Å². The lowest BCUT2D eigenvalue weighted by Gasteiger charge is -2.40. The van der Waals surface area contributed by atoms with Gasteiger partial charge in [0.25, 0.3) is 5.56 Å². The molecular formula is C18H24N6O2. The topological polar surface area (TPSA) is 110 Å². The van der Waals surface area contributed by atoms with Crippen molar-refractivity contribution in [2.24, 2.45) is 0 Å². The van der Waals surface area contributed by atoms with Crippen LogP contribution in [0.3, 0.4) is 0 Å². The number of rotatable bonds is 3. The number of nitrogens with two attached hydrogens (primary N) is 1. The largest absolute Gasteiger partial charge is 0.369 e. The van der Waals surface area contributed by atoms with Gasteiger partial charge in [-0.1, -0.05) is 6.92 Å². The van der Waals surface area contributed by atoms with Crippen LogP contribution in [0.25, 0.3) is 0 Å². The number of likely N-dealkylation sites (tertiary alicyclic amines) is 1. The lowest BCUT2D eigenvalue weighted by atomic mass is 9.76. The zero-order valence-corrected chi connectivity index (χ0v) is 14.9. The minimum atomic E-state index is -0.258. The molecule has 1 fully saturated rings. The summed E-state index contributed by atoms with van der Waals surface area (Å²) < 4.78 is 1.74. The number of fused-ring (bicyclic) bond motifs is 2. The number of carbonyl (C=O) groups excluding carboxylic acids is 1. The molecule has 1 saturated heterocycles. The first kappa shape index (κ1) is 16.8. The third-order valence-electron chi connectivity index (χ3n) is 5.94. The van der Waals surface area contributed by atoms with Gasteiger partial charge in [-0.2, -0.15) is 5.10 Å². The number of aromatic amines is 1. The van der Waals surface area contributed by atoms with E-state index in [1.165, 1.54) is 0 Å². The molecule has 1 amide bonds. The standard InChI is InChI=1S/C18H24N6O2/c1-2-13(24-9-3-8-20-24)16(26)23-10-6-18(7-11-23)5-4-12-14(18)21-17(19)22-15(12)25/h3,8-9,13H,2,4-7,10-11H2,1H3,(H3,19,21,22,25). The van der Waals surface area contributed by atoms with Crippen LogP contribution in [0.5, 0.6) is 0 Å². The second kappa shape index (κ2) is 6.26. The zero-order valence-electron chi connectivity index (χ0n) is 14.9. The molecule has 3 heterocycles. The highest BCUT2D eigenvalue weighted by molar-refractivity contribution is 5.80. The maximum Gasteiger partial charge on any atom is 0.255 e. The fraction of sp³-hybridized carbons (Fsp3) is 0.556. The Hall–Kier alpha value is -2.64. The molecule has 2 aromatic heterocycles. The average molecular weight is 356 g/mol. The summed E-state index contributed by atoms with van der Waals surface area (Å²) in [6, 6.07) is 1.58. The number of amides is 1. The van der Waals surface area contributed by atoms with Gasteiger partial charge in [-0.15, -0.1) is 0 Å². The van der Waals surface area contributed by atoms with Crippen molar-refractivity contribution in [3.05, 3.63) is 40.1 Å². The summed E-state index contributed by atoms with van der Waals surface area (Å²) >= 11 is 0. The molecule has 2 aliphatic rings. The number of nitrogens with one attached hydrogen (secondary N) is 1. The van der Waals surface area contributed by atoms with Crippen LogP contribution in [-0.4, -0.2) is 43.6 Å². The van der Waals surface area contributed by atoms with E-state index < -0.39 is 0 Å². The highest BCUT2D eigenvalue weighted by Crippen LogP contribution is 2.44. The van der Waals surface area contributed by atoms with E-state index in [1.807, 2.05) is 24.1 Å². The number of hydrogen-bond acceptors (Lipinski definition) is 5. The molecule has 8 heteroatoms. The van der Waals surface area contributed by atoms with Gasteiger partial charge in [-0.05, 0) is 38.2 Å². The van der Waals surface area contributed by atoms with Crippen LogP contribution in [-0.2, 0) is 16.6 Å². The Morgan fingerprint density at radius 2 is 2.15 bits per heavy atom. The van der Waals surface area contributed by atoms with Crippen LogP contribution in [0, 0.1) is 0 Å². The maximum atomic E-state index is 13.0. The summed E-state index contributed by atoms with van der Waals surface area (Å²) in [5.74, 6) is 0.293. The molecule has 0 aromatic carbocycles. The van der Waals surface area contributed by atoms with Crippen molar-refractivity contribution in [3.8, 4) is 0 Å². The Morgan fingerprint density at radius 3 is 2.81 bits per heavy atom. The van der Waals surface area contributed by atoms with Gasteiger partial charge in [-0.3, -0.25) is 19.3 Å². The van der Waals surface area contributed by atoms with Crippen LogP contribution < -0.4 is 11.3 Å². The highest BCUT2D eigenvalue weighted by Gasteiger charge is 2.45. The summed E-state index contributed by atoms with van der Waals surface area (Å²) in [5, 5.41) is 4.23. The first-order valence-electron chi connectivity index (χ1n) is 9.21. The summed E-state index contributed by atoms with van der Waals surface area (Å²) in [4.78, 5) is 34.1. The number of anilines is 1. The molecule has 0 saturated carbocycles. The molecule has 1 atom stereocenters. The number of carbonyl (C=O) groups is 1. The van der Waals surface area contributed by atoms with E-state index in [1.54, 1.807) is 10.9 Å². The van der Waals surface area contributed by atoms with E-state index in [-0.39, 0.29) is 28.9 Å². The first-order valence-corrected chi connectivity index (χ1v) is 9.21. The Kier molecular flexibility index (Phi) is 4.05. The van der Waals surface area contributed by atoms with Crippen molar-refractivity contribution in [2.45, 2.75) is 50.5 Å². The third kappa shape index (κ3) is 2.60. The normalized spacial score (nSPS) is 19.5. The van der Waals surface area contributed by atoms with E-state index in [0.717, 1.165) is 36.9 Å². The molecule has 4 rings (SSSR count). The molecule has 1 aliphatic heterocycles. The monoisotopic (exact) mass is 356 g/mol. The predicted octanol–water partition coefficient (Wildman–Crippen LogP) is 1.01. The van der Waals surface area contributed by atoms with Crippen molar-refractivity contribution >= 4 is 11.9 Å². The van der Waals surface area contributed by atoms with Gasteiger partial charge in [0.1, 0.15) is 6.04 Å². The van der Waals surface area contributed by atoms with Gasteiger partial charge in [-0.25, -0.2) is 4.98 Å². The minimum absolute atomic E-state index is 0.114. The van der Waals surface area contributed by atoms with Crippen molar-refractivity contribution in [3.63, 3.8) is 0 Å². The van der Waals surface area contributed by atoms with Crippen molar-refractivity contribution in [2.75, 3.05) is 18.8 Å². The quantitative estimate of drug-likeness (QED) is 0.853. The van der Waals surface area contributed by atoms with Crippen molar-refractivity contribution in [1.82, 2.24) is 24.6 Å². The number of H-pyrrole nitrogens is 1. The molecule has 0 radical (unpaired) electrons. The van der Waals surface area contributed by atoms with Crippen LogP contribution in [0.4, 0.5) is 5.95 Å². The van der Waals surface area contributed by atoms with E-state index >= 15 is 0 Å². The smallest absolute Gasteiger partial charge is 0.255 e. The zero-order chi connectivity index (χ0) is 18.3. The summed E-state index contributed by atoms with van der Waals surface area (Å²) in [6.45, 7) is 3.34. The molecule has 1 aliphatic carbocycles. The first-order chi connectivity index (χ1) is 12.5. The summed E-state index contributed by atoms with van der Waals surface area (Å²) in [7, 11) is 0. The Morgan fingerprint density at radius 1 is 1.38 bits per heavy atom. The Balaban J connectivity index is 1.52.